The van der Waals surface area contributed by atoms with Gasteiger partial charge in [-0.15, -0.1) is 11.3 Å². The number of nitrogens with one attached hydrogen (secondary N) is 1. The van der Waals surface area contributed by atoms with Gasteiger partial charge in [0, 0.05) is 27.9 Å². The first-order valence-corrected chi connectivity index (χ1v) is 9.46. The molecule has 0 bridgehead atoms. The van der Waals surface area contributed by atoms with Crippen molar-refractivity contribution in [2.45, 2.75) is 0 Å². The molecule has 0 radical (unpaired) electrons. The Labute approximate surface area is 169 Å². The maximum Gasteiger partial charge on any atom is 0.270 e. The second-order valence-electron chi connectivity index (χ2n) is 6.13. The third-order valence-corrected chi connectivity index (χ3v) is 5.21. The van der Waals surface area contributed by atoms with Crippen molar-refractivity contribution in [2.75, 3.05) is 5.32 Å². The number of carbonyl (C=O) groups is 1. The van der Waals surface area contributed by atoms with Gasteiger partial charge in [0.05, 0.1) is 21.2 Å². The van der Waals surface area contributed by atoms with Crippen LogP contribution >= 0.6 is 11.3 Å². The highest BCUT2D eigenvalue weighted by atomic mass is 32.1. The van der Waals surface area contributed by atoms with Crippen LogP contribution in [-0.4, -0.2) is 10.8 Å². The minimum Gasteiger partial charge on any atom is -0.321 e. The number of amides is 1. The van der Waals surface area contributed by atoms with Gasteiger partial charge in [0.15, 0.2) is 0 Å². The molecule has 29 heavy (non-hydrogen) atoms. The van der Waals surface area contributed by atoms with E-state index >= 15 is 0 Å². The van der Waals surface area contributed by atoms with E-state index in [1.807, 2.05) is 30.3 Å². The van der Waals surface area contributed by atoms with Crippen LogP contribution in [0.2, 0.25) is 0 Å². The molecule has 0 saturated carbocycles. The lowest BCUT2D eigenvalue weighted by atomic mass is 10.2. The molecule has 1 heterocycles. The first-order valence-electron chi connectivity index (χ1n) is 8.65. The molecule has 0 spiro atoms. The Morgan fingerprint density at radius 1 is 0.897 bits per heavy atom. The first kappa shape index (κ1) is 18.5. The summed E-state index contributed by atoms with van der Waals surface area (Å²) < 4.78 is 0.817. The summed E-state index contributed by atoms with van der Waals surface area (Å²) in [6, 6.07) is 22.6. The van der Waals surface area contributed by atoms with E-state index in [0.29, 0.717) is 21.6 Å². The number of nitrogens with zero attached hydrogens (tertiary/aromatic N) is 3. The number of azo groups is 1. The Kier molecular flexibility index (Phi) is 5.08. The van der Waals surface area contributed by atoms with Crippen LogP contribution in [0, 0.1) is 10.1 Å². The Morgan fingerprint density at radius 3 is 2.28 bits per heavy atom. The maximum atomic E-state index is 12.5. The van der Waals surface area contributed by atoms with Crippen molar-refractivity contribution in [3.05, 3.63) is 93.9 Å². The van der Waals surface area contributed by atoms with Gasteiger partial charge in [-0.25, -0.2) is 0 Å². The molecule has 0 atom stereocenters. The third kappa shape index (κ3) is 4.33. The standard InChI is InChI=1S/C21H14N4O3S/c26-21(20-13-14-12-18(25(27)28)10-11-19(14)29-20)22-15-6-8-17(9-7-15)24-23-16-4-2-1-3-5-16/h1-13H,(H,22,26). The van der Waals surface area contributed by atoms with Crippen LogP contribution in [0.5, 0.6) is 0 Å². The van der Waals surface area contributed by atoms with Crippen molar-refractivity contribution < 1.29 is 9.72 Å². The number of thiophene rings is 1. The van der Waals surface area contributed by atoms with E-state index in [-0.39, 0.29) is 11.6 Å². The molecular weight excluding hydrogens is 388 g/mol. The highest BCUT2D eigenvalue weighted by Gasteiger charge is 2.13. The number of benzene rings is 3. The minimum atomic E-state index is -0.451. The number of rotatable bonds is 5. The smallest absolute Gasteiger partial charge is 0.270 e. The number of hydrogen-bond acceptors (Lipinski definition) is 6. The fourth-order valence-electron chi connectivity index (χ4n) is 2.67. The average molecular weight is 402 g/mol. The number of anilines is 1. The van der Waals surface area contributed by atoms with E-state index in [4.69, 9.17) is 0 Å². The molecule has 4 aromatic rings. The molecule has 0 saturated heterocycles. The second-order valence-corrected chi connectivity index (χ2v) is 7.21. The molecule has 1 aromatic heterocycles. The summed E-state index contributed by atoms with van der Waals surface area (Å²) in [6.07, 6.45) is 0. The van der Waals surface area contributed by atoms with Crippen LogP contribution < -0.4 is 5.32 Å². The number of fused-ring (bicyclic) bond motifs is 1. The van der Waals surface area contributed by atoms with Crippen LogP contribution in [0.15, 0.2) is 89.1 Å². The molecule has 0 aliphatic carbocycles. The molecule has 3 aromatic carbocycles. The summed E-state index contributed by atoms with van der Waals surface area (Å²) >= 11 is 1.29. The van der Waals surface area contributed by atoms with Crippen molar-refractivity contribution in [2.24, 2.45) is 10.2 Å². The van der Waals surface area contributed by atoms with Crippen molar-refractivity contribution in [3.63, 3.8) is 0 Å². The highest BCUT2D eigenvalue weighted by Crippen LogP contribution is 2.29. The number of nitro benzene ring substituents is 1. The van der Waals surface area contributed by atoms with Crippen LogP contribution in [0.1, 0.15) is 9.67 Å². The summed E-state index contributed by atoms with van der Waals surface area (Å²) in [5.74, 6) is -0.271. The highest BCUT2D eigenvalue weighted by molar-refractivity contribution is 7.20. The molecule has 1 N–H and O–H groups in total. The van der Waals surface area contributed by atoms with E-state index in [1.54, 1.807) is 36.4 Å². The van der Waals surface area contributed by atoms with Gasteiger partial charge in [-0.2, -0.15) is 10.2 Å². The molecule has 142 valence electrons. The number of carbonyl (C=O) groups excluding carboxylic acids is 1. The van der Waals surface area contributed by atoms with Crippen molar-refractivity contribution in [1.82, 2.24) is 0 Å². The Bertz CT molecular complexity index is 1220. The Hall–Kier alpha value is -3.91. The van der Waals surface area contributed by atoms with Gasteiger partial charge in [-0.3, -0.25) is 14.9 Å². The summed E-state index contributed by atoms with van der Waals surface area (Å²) in [4.78, 5) is 23.4. The van der Waals surface area contributed by atoms with Gasteiger partial charge in [0.1, 0.15) is 0 Å². The monoisotopic (exact) mass is 402 g/mol. The average Bonchev–Trinajstić information content (AvgIpc) is 3.17. The maximum absolute atomic E-state index is 12.5. The molecule has 1 amide bonds. The summed E-state index contributed by atoms with van der Waals surface area (Å²) in [6.45, 7) is 0. The van der Waals surface area contributed by atoms with Gasteiger partial charge < -0.3 is 5.32 Å². The molecule has 0 fully saturated rings. The van der Waals surface area contributed by atoms with E-state index in [1.165, 1.54) is 23.5 Å². The zero-order chi connectivity index (χ0) is 20.2. The number of non-ortho nitro benzene ring substituents is 1. The summed E-state index contributed by atoms with van der Waals surface area (Å²) in [7, 11) is 0. The van der Waals surface area contributed by atoms with Crippen LogP contribution in [0.25, 0.3) is 10.1 Å². The van der Waals surface area contributed by atoms with Gasteiger partial charge in [-0.1, -0.05) is 18.2 Å². The summed E-state index contributed by atoms with van der Waals surface area (Å²) in [5, 5.41) is 22.7. The van der Waals surface area contributed by atoms with Gasteiger partial charge in [0.25, 0.3) is 11.6 Å². The Morgan fingerprint density at radius 2 is 1.59 bits per heavy atom. The van der Waals surface area contributed by atoms with E-state index in [9.17, 15) is 14.9 Å². The molecule has 0 aliphatic rings. The SMILES string of the molecule is O=C(Nc1ccc(N=Nc2ccccc2)cc1)c1cc2cc([N+](=O)[O-])ccc2s1. The zero-order valence-electron chi connectivity index (χ0n) is 15.0. The normalized spacial score (nSPS) is 11.0. The molecule has 8 heteroatoms. The molecule has 0 aliphatic heterocycles. The van der Waals surface area contributed by atoms with Crippen molar-refractivity contribution >= 4 is 50.1 Å². The zero-order valence-corrected chi connectivity index (χ0v) is 15.8. The first-order chi connectivity index (χ1) is 14.1. The van der Waals surface area contributed by atoms with E-state index in [2.05, 4.69) is 15.5 Å². The van der Waals surface area contributed by atoms with E-state index in [0.717, 1.165) is 10.4 Å². The van der Waals surface area contributed by atoms with E-state index < -0.39 is 4.92 Å². The Balaban J connectivity index is 1.46. The molecular formula is C21H14N4O3S. The lowest BCUT2D eigenvalue weighted by molar-refractivity contribution is -0.384. The van der Waals surface area contributed by atoms with Gasteiger partial charge >= 0.3 is 0 Å². The van der Waals surface area contributed by atoms with Crippen LogP contribution in [0.3, 0.4) is 0 Å². The number of nitro groups is 1. The molecule has 4 rings (SSSR count). The fourth-order valence-corrected chi connectivity index (χ4v) is 3.61. The third-order valence-electron chi connectivity index (χ3n) is 4.10. The molecule has 7 nitrogen and oxygen atoms in total. The second kappa shape index (κ2) is 7.99. The lowest BCUT2D eigenvalue weighted by Gasteiger charge is -2.03. The quantitative estimate of drug-likeness (QED) is 0.235. The molecule has 0 unspecified atom stereocenters. The largest absolute Gasteiger partial charge is 0.321 e. The van der Waals surface area contributed by atoms with Crippen LogP contribution in [0.4, 0.5) is 22.7 Å². The lowest BCUT2D eigenvalue weighted by Crippen LogP contribution is -2.09. The summed E-state index contributed by atoms with van der Waals surface area (Å²) in [5.41, 5.74) is 2.05. The number of hydrogen-bond donors (Lipinski definition) is 1. The van der Waals surface area contributed by atoms with Gasteiger partial charge in [0.2, 0.25) is 0 Å². The van der Waals surface area contributed by atoms with Crippen LogP contribution in [-0.2, 0) is 0 Å². The van der Waals surface area contributed by atoms with Crippen molar-refractivity contribution in [3.8, 4) is 0 Å². The van der Waals surface area contributed by atoms with Crippen molar-refractivity contribution in [1.29, 1.82) is 0 Å². The van der Waals surface area contributed by atoms with Gasteiger partial charge in [-0.05, 0) is 48.5 Å². The predicted molar refractivity (Wildman–Crippen MR) is 113 cm³/mol. The minimum absolute atomic E-state index is 0.00233. The topological polar surface area (TPSA) is 97.0 Å². The fraction of sp³-hybridized carbons (Fsp3) is 0. The predicted octanol–water partition coefficient (Wildman–Crippen LogP) is 6.48.